The Morgan fingerprint density at radius 2 is 1.85 bits per heavy atom. The molecule has 0 aliphatic heterocycles. The molecule has 0 amide bonds. The molecule has 1 nitrogen and oxygen atoms in total. The first kappa shape index (κ1) is 10.3. The quantitative estimate of drug-likeness (QED) is 0.685. The molecular formula is C12H19N. The Kier molecular flexibility index (Phi) is 3.49. The second kappa shape index (κ2) is 4.43. The van der Waals surface area contributed by atoms with Crippen molar-refractivity contribution in [3.8, 4) is 0 Å². The van der Waals surface area contributed by atoms with E-state index in [-0.39, 0.29) is 0 Å². The van der Waals surface area contributed by atoms with Crippen molar-refractivity contribution in [2.24, 2.45) is 0 Å². The zero-order valence-corrected chi connectivity index (χ0v) is 9.09. The van der Waals surface area contributed by atoms with Gasteiger partial charge in [0, 0.05) is 6.54 Å². The molecule has 1 aromatic rings. The molecule has 0 N–H and O–H groups in total. The molecule has 1 aromatic carbocycles. The zero-order valence-electron chi connectivity index (χ0n) is 9.09. The number of hydrogen-bond donors (Lipinski definition) is 0. The third-order valence-corrected chi connectivity index (χ3v) is 2.33. The largest absolute Gasteiger partial charge is 0.309 e. The number of benzene rings is 1. The molecule has 0 spiro atoms. The summed E-state index contributed by atoms with van der Waals surface area (Å²) in [7, 11) is 4.23. The van der Waals surface area contributed by atoms with E-state index < -0.39 is 0 Å². The van der Waals surface area contributed by atoms with Crippen molar-refractivity contribution in [2.75, 3.05) is 20.6 Å². The Balaban J connectivity index is 2.70. The van der Waals surface area contributed by atoms with Gasteiger partial charge in [-0.3, -0.25) is 0 Å². The molecule has 0 radical (unpaired) electrons. The SMILES string of the molecule is Cc1ccc(C)c(CCN(C)C)c1. The van der Waals surface area contributed by atoms with Crippen LogP contribution in [-0.2, 0) is 6.42 Å². The number of aryl methyl sites for hydroxylation is 2. The summed E-state index contributed by atoms with van der Waals surface area (Å²) in [5.41, 5.74) is 4.25. The highest BCUT2D eigenvalue weighted by molar-refractivity contribution is 5.30. The van der Waals surface area contributed by atoms with Gasteiger partial charge < -0.3 is 4.90 Å². The summed E-state index contributed by atoms with van der Waals surface area (Å²) in [4.78, 5) is 2.22. The fraction of sp³-hybridized carbons (Fsp3) is 0.500. The van der Waals surface area contributed by atoms with E-state index in [0.717, 1.165) is 13.0 Å². The third-order valence-electron chi connectivity index (χ3n) is 2.33. The lowest BCUT2D eigenvalue weighted by atomic mass is 10.0. The van der Waals surface area contributed by atoms with Crippen LogP contribution in [0.1, 0.15) is 16.7 Å². The minimum atomic E-state index is 1.13. The predicted molar refractivity (Wildman–Crippen MR) is 58.2 cm³/mol. The van der Waals surface area contributed by atoms with Crippen LogP contribution in [-0.4, -0.2) is 25.5 Å². The molecule has 1 heteroatoms. The zero-order chi connectivity index (χ0) is 9.84. The standard InChI is InChI=1S/C12H19N/c1-10-5-6-11(2)12(9-10)7-8-13(3)4/h5-6,9H,7-8H2,1-4H3. The molecule has 0 aliphatic carbocycles. The highest BCUT2D eigenvalue weighted by Crippen LogP contribution is 2.11. The van der Waals surface area contributed by atoms with Gasteiger partial charge in [-0.15, -0.1) is 0 Å². The van der Waals surface area contributed by atoms with Gasteiger partial charge in [0.05, 0.1) is 0 Å². The first-order valence-electron chi connectivity index (χ1n) is 4.80. The second-order valence-corrected chi connectivity index (χ2v) is 3.98. The Bertz CT molecular complexity index is 276. The van der Waals surface area contributed by atoms with Gasteiger partial charge in [0.2, 0.25) is 0 Å². The van der Waals surface area contributed by atoms with E-state index in [2.05, 4.69) is 51.0 Å². The van der Waals surface area contributed by atoms with Gasteiger partial charge in [0.25, 0.3) is 0 Å². The van der Waals surface area contributed by atoms with Crippen LogP contribution in [0.2, 0.25) is 0 Å². The van der Waals surface area contributed by atoms with Crippen molar-refractivity contribution in [2.45, 2.75) is 20.3 Å². The van der Waals surface area contributed by atoms with E-state index in [0.29, 0.717) is 0 Å². The van der Waals surface area contributed by atoms with Gasteiger partial charge in [0.1, 0.15) is 0 Å². The van der Waals surface area contributed by atoms with Crippen LogP contribution in [0.15, 0.2) is 18.2 Å². The second-order valence-electron chi connectivity index (χ2n) is 3.98. The summed E-state index contributed by atoms with van der Waals surface area (Å²) in [5, 5.41) is 0. The van der Waals surface area contributed by atoms with Crippen LogP contribution in [0.25, 0.3) is 0 Å². The van der Waals surface area contributed by atoms with E-state index in [9.17, 15) is 0 Å². The molecule has 0 saturated heterocycles. The maximum absolute atomic E-state index is 2.29. The highest BCUT2D eigenvalue weighted by Gasteiger charge is 1.99. The monoisotopic (exact) mass is 177 g/mol. The normalized spacial score (nSPS) is 10.8. The van der Waals surface area contributed by atoms with Crippen molar-refractivity contribution in [3.05, 3.63) is 34.9 Å². The summed E-state index contributed by atoms with van der Waals surface area (Å²) >= 11 is 0. The fourth-order valence-corrected chi connectivity index (χ4v) is 1.41. The van der Waals surface area contributed by atoms with E-state index >= 15 is 0 Å². The minimum absolute atomic E-state index is 1.13. The average Bonchev–Trinajstić information content (AvgIpc) is 2.06. The number of hydrogen-bond acceptors (Lipinski definition) is 1. The first-order valence-corrected chi connectivity index (χ1v) is 4.80. The highest BCUT2D eigenvalue weighted by atomic mass is 15.0. The Morgan fingerprint density at radius 1 is 1.15 bits per heavy atom. The van der Waals surface area contributed by atoms with Crippen molar-refractivity contribution in [3.63, 3.8) is 0 Å². The summed E-state index contributed by atoms with van der Waals surface area (Å²) < 4.78 is 0. The van der Waals surface area contributed by atoms with Gasteiger partial charge in [-0.25, -0.2) is 0 Å². The van der Waals surface area contributed by atoms with Crippen molar-refractivity contribution in [1.82, 2.24) is 4.90 Å². The van der Waals surface area contributed by atoms with E-state index in [4.69, 9.17) is 0 Å². The van der Waals surface area contributed by atoms with Crippen molar-refractivity contribution >= 4 is 0 Å². The molecule has 0 bridgehead atoms. The summed E-state index contributed by atoms with van der Waals surface area (Å²) in [6.07, 6.45) is 1.15. The molecule has 0 saturated carbocycles. The van der Waals surface area contributed by atoms with Gasteiger partial charge in [-0.2, -0.15) is 0 Å². The van der Waals surface area contributed by atoms with Gasteiger partial charge in [-0.05, 0) is 45.5 Å². The Hall–Kier alpha value is -0.820. The van der Waals surface area contributed by atoms with Crippen molar-refractivity contribution in [1.29, 1.82) is 0 Å². The lowest BCUT2D eigenvalue weighted by Gasteiger charge is -2.11. The molecule has 0 atom stereocenters. The molecule has 0 fully saturated rings. The lowest BCUT2D eigenvalue weighted by molar-refractivity contribution is 0.413. The fourth-order valence-electron chi connectivity index (χ4n) is 1.41. The van der Waals surface area contributed by atoms with Crippen LogP contribution in [0, 0.1) is 13.8 Å². The summed E-state index contributed by atoms with van der Waals surface area (Å²) in [5.74, 6) is 0. The lowest BCUT2D eigenvalue weighted by Crippen LogP contribution is -2.15. The van der Waals surface area contributed by atoms with Gasteiger partial charge in [0.15, 0.2) is 0 Å². The van der Waals surface area contributed by atoms with Gasteiger partial charge in [-0.1, -0.05) is 23.8 Å². The van der Waals surface area contributed by atoms with Crippen LogP contribution in [0.4, 0.5) is 0 Å². The van der Waals surface area contributed by atoms with Crippen LogP contribution in [0.3, 0.4) is 0 Å². The number of likely N-dealkylation sites (N-methyl/N-ethyl adjacent to an activating group) is 1. The molecule has 1 rings (SSSR count). The van der Waals surface area contributed by atoms with Crippen molar-refractivity contribution < 1.29 is 0 Å². The van der Waals surface area contributed by atoms with E-state index in [1.54, 1.807) is 0 Å². The maximum Gasteiger partial charge on any atom is 0.00158 e. The van der Waals surface area contributed by atoms with E-state index in [1.165, 1.54) is 16.7 Å². The molecule has 0 aromatic heterocycles. The van der Waals surface area contributed by atoms with Gasteiger partial charge >= 0.3 is 0 Å². The summed E-state index contributed by atoms with van der Waals surface area (Å²) in [6.45, 7) is 5.47. The molecule has 13 heavy (non-hydrogen) atoms. The third kappa shape index (κ3) is 3.19. The molecule has 72 valence electrons. The topological polar surface area (TPSA) is 3.24 Å². The van der Waals surface area contributed by atoms with Crippen LogP contribution >= 0.6 is 0 Å². The van der Waals surface area contributed by atoms with E-state index in [1.807, 2.05) is 0 Å². The van der Waals surface area contributed by atoms with Crippen LogP contribution < -0.4 is 0 Å². The Morgan fingerprint density at radius 3 is 2.46 bits per heavy atom. The summed E-state index contributed by atoms with van der Waals surface area (Å²) in [6, 6.07) is 6.67. The first-order chi connectivity index (χ1) is 6.09. The maximum atomic E-state index is 2.29. The smallest absolute Gasteiger partial charge is 0.00158 e. The van der Waals surface area contributed by atoms with Crippen LogP contribution in [0.5, 0.6) is 0 Å². The molecule has 0 heterocycles. The predicted octanol–water partition coefficient (Wildman–Crippen LogP) is 2.41. The molecular weight excluding hydrogens is 158 g/mol. The molecule has 0 unspecified atom stereocenters. The molecule has 0 aliphatic rings. The minimum Gasteiger partial charge on any atom is -0.309 e. The average molecular weight is 177 g/mol. The number of rotatable bonds is 3. The number of nitrogens with zero attached hydrogens (tertiary/aromatic N) is 1. The Labute approximate surface area is 81.4 Å².